The molecule has 0 N–H and O–H groups in total. The second kappa shape index (κ2) is 2.34. The fraction of sp³-hybridized carbons (Fsp3) is 0.364. The summed E-state index contributed by atoms with van der Waals surface area (Å²) >= 11 is 0. The minimum absolute atomic E-state index is 0.330. The van der Waals surface area contributed by atoms with Gasteiger partial charge in [-0.1, -0.05) is 18.2 Å². The second-order valence-corrected chi connectivity index (χ2v) is 3.89. The molecular formula is C11H11NO. The Kier molecular flexibility index (Phi) is 1.29. The maximum atomic E-state index is 11.7. The summed E-state index contributed by atoms with van der Waals surface area (Å²) < 4.78 is 0. The van der Waals surface area contributed by atoms with E-state index in [1.165, 1.54) is 0 Å². The Labute approximate surface area is 77.2 Å². The molecule has 2 fully saturated rings. The lowest BCUT2D eigenvalue weighted by molar-refractivity contribution is -0.118. The summed E-state index contributed by atoms with van der Waals surface area (Å²) in [7, 11) is 0. The molecule has 2 heteroatoms. The zero-order chi connectivity index (χ0) is 8.84. The van der Waals surface area contributed by atoms with Crippen LogP contribution in [0.5, 0.6) is 0 Å². The highest BCUT2D eigenvalue weighted by Crippen LogP contribution is 2.47. The van der Waals surface area contributed by atoms with Crippen LogP contribution in [0.15, 0.2) is 30.3 Å². The normalized spacial score (nSPS) is 30.5. The van der Waals surface area contributed by atoms with Crippen LogP contribution in [0.1, 0.15) is 6.42 Å². The van der Waals surface area contributed by atoms with Gasteiger partial charge in [0.2, 0.25) is 5.91 Å². The molecule has 1 amide bonds. The molecule has 1 aromatic carbocycles. The van der Waals surface area contributed by atoms with Crippen LogP contribution in [0.4, 0.5) is 5.69 Å². The first-order valence-electron chi connectivity index (χ1n) is 4.73. The van der Waals surface area contributed by atoms with Crippen molar-refractivity contribution in [3.63, 3.8) is 0 Å². The molecule has 1 aliphatic carbocycles. The van der Waals surface area contributed by atoms with Gasteiger partial charge in [0.15, 0.2) is 0 Å². The minimum Gasteiger partial charge on any atom is -0.312 e. The summed E-state index contributed by atoms with van der Waals surface area (Å²) in [5.41, 5.74) is 1.06. The third-order valence-electron chi connectivity index (χ3n) is 2.99. The molecule has 2 nitrogen and oxygen atoms in total. The summed E-state index contributed by atoms with van der Waals surface area (Å²) in [6.07, 6.45) is 1.13. The van der Waals surface area contributed by atoms with Crippen LogP contribution >= 0.6 is 0 Å². The van der Waals surface area contributed by atoms with Gasteiger partial charge in [-0.3, -0.25) is 4.79 Å². The first-order valence-corrected chi connectivity index (χ1v) is 4.73. The van der Waals surface area contributed by atoms with E-state index in [2.05, 4.69) is 0 Å². The number of anilines is 1. The molecule has 3 rings (SSSR count). The van der Waals surface area contributed by atoms with Crippen LogP contribution in [0, 0.1) is 11.8 Å². The molecule has 1 heterocycles. The van der Waals surface area contributed by atoms with E-state index in [4.69, 9.17) is 0 Å². The number of hydrogen-bond donors (Lipinski definition) is 0. The van der Waals surface area contributed by atoms with Gasteiger partial charge in [-0.05, 0) is 24.5 Å². The number of piperidine rings is 1. The van der Waals surface area contributed by atoms with Gasteiger partial charge >= 0.3 is 0 Å². The van der Waals surface area contributed by atoms with E-state index in [-0.39, 0.29) is 0 Å². The van der Waals surface area contributed by atoms with E-state index in [0.29, 0.717) is 17.7 Å². The third kappa shape index (κ3) is 0.981. The summed E-state index contributed by atoms with van der Waals surface area (Å²) in [5.74, 6) is 1.35. The summed E-state index contributed by atoms with van der Waals surface area (Å²) in [4.78, 5) is 13.6. The minimum atomic E-state index is 0.330. The lowest BCUT2D eigenvalue weighted by Crippen LogP contribution is -2.27. The predicted molar refractivity (Wildman–Crippen MR) is 50.4 cm³/mol. The van der Waals surface area contributed by atoms with Crippen molar-refractivity contribution in [3.8, 4) is 0 Å². The van der Waals surface area contributed by atoms with Crippen LogP contribution in [0.25, 0.3) is 0 Å². The van der Waals surface area contributed by atoms with E-state index in [1.54, 1.807) is 0 Å². The van der Waals surface area contributed by atoms with Crippen molar-refractivity contribution < 1.29 is 4.79 Å². The topological polar surface area (TPSA) is 20.3 Å². The number of carbonyl (C=O) groups excluding carboxylic acids is 1. The molecule has 66 valence electrons. The number of fused-ring (bicyclic) bond motifs is 1. The highest BCUT2D eigenvalue weighted by atomic mass is 16.2. The van der Waals surface area contributed by atoms with Crippen LogP contribution in [0.2, 0.25) is 0 Å². The molecule has 2 unspecified atom stereocenters. The van der Waals surface area contributed by atoms with Crippen molar-refractivity contribution in [2.24, 2.45) is 11.8 Å². The molecule has 2 atom stereocenters. The molecule has 2 aliphatic rings. The van der Waals surface area contributed by atoms with Gasteiger partial charge in [-0.25, -0.2) is 0 Å². The smallest absolute Gasteiger partial charge is 0.230 e. The van der Waals surface area contributed by atoms with Gasteiger partial charge in [0.25, 0.3) is 0 Å². The van der Waals surface area contributed by atoms with Gasteiger partial charge in [-0.15, -0.1) is 0 Å². The Morgan fingerprint density at radius 1 is 1.23 bits per heavy atom. The molecule has 0 spiro atoms. The number of benzene rings is 1. The van der Waals surface area contributed by atoms with E-state index in [9.17, 15) is 4.79 Å². The zero-order valence-electron chi connectivity index (χ0n) is 7.31. The SMILES string of the molecule is O=C1C2CC2CN1c1ccccc1. The molecule has 0 bridgehead atoms. The highest BCUT2D eigenvalue weighted by Gasteiger charge is 2.52. The molecule has 1 saturated carbocycles. The maximum Gasteiger partial charge on any atom is 0.230 e. The van der Waals surface area contributed by atoms with Crippen molar-refractivity contribution in [2.75, 3.05) is 11.4 Å². The van der Waals surface area contributed by atoms with Crippen molar-refractivity contribution in [3.05, 3.63) is 30.3 Å². The Balaban J connectivity index is 1.91. The average Bonchev–Trinajstić information content (AvgIpc) is 2.88. The summed E-state index contributed by atoms with van der Waals surface area (Å²) in [6, 6.07) is 9.94. The Bertz CT molecular complexity index is 346. The van der Waals surface area contributed by atoms with Gasteiger partial charge in [-0.2, -0.15) is 0 Å². The number of carbonyl (C=O) groups is 1. The van der Waals surface area contributed by atoms with Crippen molar-refractivity contribution in [1.29, 1.82) is 0 Å². The lowest BCUT2D eigenvalue weighted by atomic mass is 10.3. The quantitative estimate of drug-likeness (QED) is 0.632. The number of nitrogens with zero attached hydrogens (tertiary/aromatic N) is 1. The molecular weight excluding hydrogens is 162 g/mol. The van der Waals surface area contributed by atoms with Crippen LogP contribution < -0.4 is 4.90 Å². The molecule has 1 aliphatic heterocycles. The van der Waals surface area contributed by atoms with Crippen molar-refractivity contribution >= 4 is 11.6 Å². The maximum absolute atomic E-state index is 11.7. The van der Waals surface area contributed by atoms with Gasteiger partial charge in [0, 0.05) is 18.2 Å². The Hall–Kier alpha value is -1.31. The average molecular weight is 173 g/mol. The largest absolute Gasteiger partial charge is 0.312 e. The van der Waals surface area contributed by atoms with Crippen molar-refractivity contribution in [1.82, 2.24) is 0 Å². The molecule has 13 heavy (non-hydrogen) atoms. The van der Waals surface area contributed by atoms with Gasteiger partial charge < -0.3 is 4.90 Å². The number of hydrogen-bond acceptors (Lipinski definition) is 1. The Morgan fingerprint density at radius 3 is 2.62 bits per heavy atom. The number of amides is 1. The second-order valence-electron chi connectivity index (χ2n) is 3.89. The monoisotopic (exact) mass is 173 g/mol. The number of para-hydroxylation sites is 1. The van der Waals surface area contributed by atoms with Gasteiger partial charge in [0.1, 0.15) is 0 Å². The number of rotatable bonds is 1. The predicted octanol–water partition coefficient (Wildman–Crippen LogP) is 1.67. The van der Waals surface area contributed by atoms with Crippen LogP contribution in [-0.4, -0.2) is 12.5 Å². The van der Waals surface area contributed by atoms with Crippen molar-refractivity contribution in [2.45, 2.75) is 6.42 Å². The van der Waals surface area contributed by atoms with Crippen LogP contribution in [0.3, 0.4) is 0 Å². The summed E-state index contributed by atoms with van der Waals surface area (Å²) in [6.45, 7) is 0.938. The summed E-state index contributed by atoms with van der Waals surface area (Å²) in [5, 5.41) is 0. The molecule has 0 radical (unpaired) electrons. The third-order valence-corrected chi connectivity index (χ3v) is 2.99. The molecule has 1 saturated heterocycles. The fourth-order valence-electron chi connectivity index (χ4n) is 2.12. The standard InChI is InChI=1S/C11H11NO/c13-11-10-6-8(10)7-12(11)9-4-2-1-3-5-9/h1-5,8,10H,6-7H2. The van der Waals surface area contributed by atoms with E-state index >= 15 is 0 Å². The zero-order valence-corrected chi connectivity index (χ0v) is 7.31. The van der Waals surface area contributed by atoms with E-state index < -0.39 is 0 Å². The van der Waals surface area contributed by atoms with E-state index in [1.807, 2.05) is 35.2 Å². The van der Waals surface area contributed by atoms with Gasteiger partial charge in [0.05, 0.1) is 0 Å². The lowest BCUT2D eigenvalue weighted by Gasteiger charge is -2.17. The van der Waals surface area contributed by atoms with E-state index in [0.717, 1.165) is 18.7 Å². The highest BCUT2D eigenvalue weighted by molar-refractivity contribution is 5.99. The molecule has 0 aromatic heterocycles. The first kappa shape index (κ1) is 7.13. The van der Waals surface area contributed by atoms with Crippen LogP contribution in [-0.2, 0) is 4.79 Å². The molecule has 1 aromatic rings. The fourth-order valence-corrected chi connectivity index (χ4v) is 2.12. The first-order chi connectivity index (χ1) is 6.36. The Morgan fingerprint density at radius 2 is 2.00 bits per heavy atom.